The van der Waals surface area contributed by atoms with Gasteiger partial charge < -0.3 is 20.3 Å². The Balaban J connectivity index is 0.00000320. The number of esters is 1. The summed E-state index contributed by atoms with van der Waals surface area (Å²) in [5.74, 6) is 1.03. The lowest BCUT2D eigenvalue weighted by atomic mass is 9.85. The van der Waals surface area contributed by atoms with Crippen LogP contribution in [0.5, 0.6) is 0 Å². The Labute approximate surface area is 196 Å². The number of carbonyl (C=O) groups excluding carboxylic acids is 2. The number of hydrogen-bond donors (Lipinski definition) is 2. The predicted octanol–water partition coefficient (Wildman–Crippen LogP) is 3.39. The normalized spacial score (nSPS) is 17.5. The number of anilines is 1. The van der Waals surface area contributed by atoms with Crippen LogP contribution < -0.4 is 10.6 Å². The topological polar surface area (TPSA) is 83.0 Å². The van der Waals surface area contributed by atoms with Crippen molar-refractivity contribution in [3.63, 3.8) is 0 Å². The Hall–Kier alpha value is -1.84. The van der Waals surface area contributed by atoms with Crippen molar-refractivity contribution in [2.75, 3.05) is 32.1 Å². The fourth-order valence-electron chi connectivity index (χ4n) is 3.77. The number of hydrogen-bond acceptors (Lipinski definition) is 4. The molecular weight excluding hydrogens is 495 g/mol. The molecule has 1 saturated heterocycles. The van der Waals surface area contributed by atoms with Gasteiger partial charge in [-0.1, -0.05) is 18.6 Å². The lowest BCUT2D eigenvalue weighted by molar-refractivity contribution is -0.149. The number of nitrogens with zero attached hydrogens (tertiary/aromatic N) is 2. The van der Waals surface area contributed by atoms with Crippen LogP contribution in [-0.2, 0) is 20.9 Å². The first kappa shape index (κ1) is 24.4. The van der Waals surface area contributed by atoms with E-state index < -0.39 is 0 Å². The molecule has 0 spiro atoms. The molecule has 1 aliphatic carbocycles. The van der Waals surface area contributed by atoms with Gasteiger partial charge in [0, 0.05) is 38.3 Å². The molecule has 1 aromatic rings. The molecule has 1 amide bonds. The molecule has 0 radical (unpaired) electrons. The minimum Gasteiger partial charge on any atom is -0.466 e. The van der Waals surface area contributed by atoms with Gasteiger partial charge in [-0.05, 0) is 50.3 Å². The van der Waals surface area contributed by atoms with Crippen molar-refractivity contribution in [2.24, 2.45) is 16.8 Å². The first-order valence-electron chi connectivity index (χ1n) is 10.6. The van der Waals surface area contributed by atoms with Crippen LogP contribution >= 0.6 is 24.0 Å². The van der Waals surface area contributed by atoms with Gasteiger partial charge in [-0.25, -0.2) is 0 Å². The lowest BCUT2D eigenvalue weighted by Gasteiger charge is -2.33. The number of nitrogens with one attached hydrogen (secondary N) is 2. The van der Waals surface area contributed by atoms with Gasteiger partial charge in [-0.15, -0.1) is 24.0 Å². The Morgan fingerprint density at radius 1 is 1.17 bits per heavy atom. The summed E-state index contributed by atoms with van der Waals surface area (Å²) in [5, 5.41) is 6.42. The van der Waals surface area contributed by atoms with Crippen LogP contribution in [0.4, 0.5) is 5.69 Å². The Morgan fingerprint density at radius 3 is 2.50 bits per heavy atom. The average Bonchev–Trinajstić information content (AvgIpc) is 2.68. The number of halogens is 1. The minimum atomic E-state index is -0.0872. The van der Waals surface area contributed by atoms with Crippen molar-refractivity contribution in [3.05, 3.63) is 29.8 Å². The van der Waals surface area contributed by atoms with Crippen LogP contribution in [0.2, 0.25) is 0 Å². The second kappa shape index (κ2) is 12.1. The van der Waals surface area contributed by atoms with E-state index in [0.717, 1.165) is 62.4 Å². The second-order valence-electron chi connectivity index (χ2n) is 7.73. The van der Waals surface area contributed by atoms with E-state index in [2.05, 4.69) is 20.5 Å². The number of rotatable bonds is 6. The molecule has 0 atom stereocenters. The number of guanidine groups is 1. The molecule has 7 nitrogen and oxygen atoms in total. The summed E-state index contributed by atoms with van der Waals surface area (Å²) in [4.78, 5) is 30.6. The third kappa shape index (κ3) is 6.58. The molecule has 0 bridgehead atoms. The molecule has 2 N–H and O–H groups in total. The van der Waals surface area contributed by atoms with Crippen LogP contribution in [0.1, 0.15) is 44.6 Å². The third-order valence-corrected chi connectivity index (χ3v) is 5.75. The molecule has 2 fully saturated rings. The molecule has 3 rings (SSSR count). The van der Waals surface area contributed by atoms with Gasteiger partial charge in [-0.2, -0.15) is 0 Å². The van der Waals surface area contributed by atoms with Gasteiger partial charge in [0.25, 0.3) is 0 Å². The summed E-state index contributed by atoms with van der Waals surface area (Å²) in [7, 11) is 1.77. The van der Waals surface area contributed by atoms with E-state index in [-0.39, 0.29) is 47.7 Å². The van der Waals surface area contributed by atoms with Gasteiger partial charge in [-0.3, -0.25) is 14.6 Å². The fourth-order valence-corrected chi connectivity index (χ4v) is 3.77. The van der Waals surface area contributed by atoms with Gasteiger partial charge in [0.05, 0.1) is 12.5 Å². The van der Waals surface area contributed by atoms with Crippen LogP contribution in [0.3, 0.4) is 0 Å². The zero-order chi connectivity index (χ0) is 20.6. The number of aliphatic imine (C=N–C) groups is 1. The Bertz CT molecular complexity index is 744. The number of benzene rings is 1. The smallest absolute Gasteiger partial charge is 0.309 e. The molecule has 0 unspecified atom stereocenters. The minimum absolute atomic E-state index is 0. The molecule has 1 saturated carbocycles. The summed E-state index contributed by atoms with van der Waals surface area (Å²) in [6.45, 7) is 4.45. The summed E-state index contributed by atoms with van der Waals surface area (Å²) in [6, 6.07) is 7.92. The maximum Gasteiger partial charge on any atom is 0.309 e. The van der Waals surface area contributed by atoms with Crippen molar-refractivity contribution < 1.29 is 14.3 Å². The molecule has 166 valence electrons. The molecule has 30 heavy (non-hydrogen) atoms. The largest absolute Gasteiger partial charge is 0.466 e. The highest BCUT2D eigenvalue weighted by Crippen LogP contribution is 2.27. The molecular formula is C22H33IN4O3. The van der Waals surface area contributed by atoms with E-state index in [1.165, 1.54) is 0 Å². The summed E-state index contributed by atoms with van der Waals surface area (Å²) in [6.07, 6.45) is 4.70. The first-order chi connectivity index (χ1) is 14.1. The van der Waals surface area contributed by atoms with Gasteiger partial charge >= 0.3 is 5.97 Å². The van der Waals surface area contributed by atoms with E-state index >= 15 is 0 Å². The van der Waals surface area contributed by atoms with Crippen molar-refractivity contribution in [2.45, 2.75) is 45.6 Å². The molecule has 2 aliphatic rings. The van der Waals surface area contributed by atoms with Crippen LogP contribution in [-0.4, -0.2) is 49.5 Å². The quantitative estimate of drug-likeness (QED) is 0.256. The number of piperidine rings is 1. The summed E-state index contributed by atoms with van der Waals surface area (Å²) in [5.41, 5.74) is 1.92. The van der Waals surface area contributed by atoms with Gasteiger partial charge in [0.1, 0.15) is 0 Å². The highest BCUT2D eigenvalue weighted by molar-refractivity contribution is 14.0. The Morgan fingerprint density at radius 2 is 1.90 bits per heavy atom. The van der Waals surface area contributed by atoms with Crippen LogP contribution in [0, 0.1) is 11.8 Å². The molecule has 1 aliphatic heterocycles. The van der Waals surface area contributed by atoms with Crippen LogP contribution in [0.25, 0.3) is 0 Å². The Kier molecular flexibility index (Phi) is 9.87. The summed E-state index contributed by atoms with van der Waals surface area (Å²) >= 11 is 0. The van der Waals surface area contributed by atoms with Crippen molar-refractivity contribution in [1.82, 2.24) is 10.2 Å². The second-order valence-corrected chi connectivity index (χ2v) is 7.73. The monoisotopic (exact) mass is 528 g/mol. The maximum absolute atomic E-state index is 12.2. The number of likely N-dealkylation sites (tertiary alicyclic amines) is 1. The third-order valence-electron chi connectivity index (χ3n) is 5.75. The van der Waals surface area contributed by atoms with Gasteiger partial charge in [0.2, 0.25) is 5.91 Å². The highest BCUT2D eigenvalue weighted by Gasteiger charge is 2.27. The fraction of sp³-hybridized carbons (Fsp3) is 0.591. The van der Waals surface area contributed by atoms with E-state index in [1.54, 1.807) is 7.05 Å². The summed E-state index contributed by atoms with van der Waals surface area (Å²) < 4.78 is 5.14. The first-order valence-corrected chi connectivity index (χ1v) is 10.6. The zero-order valence-corrected chi connectivity index (χ0v) is 20.2. The molecule has 8 heteroatoms. The van der Waals surface area contributed by atoms with E-state index in [9.17, 15) is 9.59 Å². The number of carbonyl (C=O) groups is 2. The van der Waals surface area contributed by atoms with Crippen molar-refractivity contribution >= 4 is 47.5 Å². The van der Waals surface area contributed by atoms with E-state index in [0.29, 0.717) is 13.2 Å². The molecule has 1 aromatic carbocycles. The standard InChI is InChI=1S/C22H32N4O3.HI/c1-3-29-21(28)18-10-12-26(13-11-18)22(23-2)24-15-16-6-4-9-19(14-16)25-20(27)17-7-5-8-17;/h4,6,9,14,17-18H,3,5,7-8,10-13,15H2,1-2H3,(H,23,24)(H,25,27);1H. The lowest BCUT2D eigenvalue weighted by Crippen LogP contribution is -2.46. The number of ether oxygens (including phenoxy) is 1. The molecule has 0 aromatic heterocycles. The SMILES string of the molecule is CCOC(=O)C1CCN(C(=NC)NCc2cccc(NC(=O)C3CCC3)c2)CC1.I. The van der Waals surface area contributed by atoms with E-state index in [4.69, 9.17) is 4.74 Å². The van der Waals surface area contributed by atoms with Crippen molar-refractivity contribution in [1.29, 1.82) is 0 Å². The zero-order valence-electron chi connectivity index (χ0n) is 17.9. The predicted molar refractivity (Wildman–Crippen MR) is 129 cm³/mol. The molecule has 1 heterocycles. The number of amides is 1. The maximum atomic E-state index is 12.2. The highest BCUT2D eigenvalue weighted by atomic mass is 127. The van der Waals surface area contributed by atoms with Gasteiger partial charge in [0.15, 0.2) is 5.96 Å². The van der Waals surface area contributed by atoms with Crippen molar-refractivity contribution in [3.8, 4) is 0 Å². The average molecular weight is 528 g/mol. The van der Waals surface area contributed by atoms with Crippen LogP contribution in [0.15, 0.2) is 29.3 Å². The van der Waals surface area contributed by atoms with E-state index in [1.807, 2.05) is 31.2 Å².